The van der Waals surface area contributed by atoms with Crippen LogP contribution < -0.4 is 16.0 Å². The fourth-order valence-electron chi connectivity index (χ4n) is 4.13. The number of carboxylic acid groups (broad SMARTS) is 1. The normalized spacial score (nSPS) is 11.9. The first-order chi connectivity index (χ1) is 20.7. The second-order valence-electron chi connectivity index (χ2n) is 9.88. The summed E-state index contributed by atoms with van der Waals surface area (Å²) in [6.07, 6.45) is -1.18. The number of aryl methyl sites for hydroxylation is 2. The minimum Gasteiger partial charge on any atom is -0.502 e. The first kappa shape index (κ1) is 34.9. The monoisotopic (exact) mass is 614 g/mol. The quantitative estimate of drug-likeness (QED) is 0.103. The summed E-state index contributed by atoms with van der Waals surface area (Å²) in [5.74, 6) is -5.51. The van der Waals surface area contributed by atoms with E-state index in [1.807, 2.05) is 0 Å². The van der Waals surface area contributed by atoms with Crippen LogP contribution in [0.2, 0.25) is 0 Å². The third-order valence-corrected chi connectivity index (χ3v) is 6.45. The van der Waals surface area contributed by atoms with Gasteiger partial charge in [-0.2, -0.15) is 0 Å². The van der Waals surface area contributed by atoms with Crippen molar-refractivity contribution in [2.24, 2.45) is 0 Å². The number of Topliss-reactive ketones (excluding diaryl/α,β-unsaturated/α-hetero) is 1. The van der Waals surface area contributed by atoms with E-state index in [-0.39, 0.29) is 18.4 Å². The van der Waals surface area contributed by atoms with E-state index in [0.29, 0.717) is 16.7 Å². The number of nitrogens with one attached hydrogen (secondary N) is 3. The Labute approximate surface area is 252 Å². The maximum Gasteiger partial charge on any atom is 0.339 e. The van der Waals surface area contributed by atoms with Crippen LogP contribution in [-0.4, -0.2) is 75.8 Å². The zero-order valence-electron chi connectivity index (χ0n) is 24.4. The topological polar surface area (TPSA) is 231 Å². The number of phenols is 1. The smallest absolute Gasteiger partial charge is 0.339 e. The maximum absolute atomic E-state index is 13.0. The number of nitro groups is 1. The van der Waals surface area contributed by atoms with Crippen molar-refractivity contribution in [3.05, 3.63) is 68.8 Å². The lowest BCUT2D eigenvalue weighted by Gasteiger charge is -2.22. The molecule has 0 fully saturated rings. The number of ether oxygens (including phenoxy) is 1. The van der Waals surface area contributed by atoms with Gasteiger partial charge in [-0.1, -0.05) is 31.2 Å². The van der Waals surface area contributed by atoms with E-state index in [1.54, 1.807) is 39.0 Å². The van der Waals surface area contributed by atoms with Crippen LogP contribution in [0.4, 0.5) is 5.69 Å². The number of carbonyl (C=O) groups is 6. The number of carboxylic acids is 1. The molecule has 2 rings (SSSR count). The molecule has 0 radical (unpaired) electrons. The summed E-state index contributed by atoms with van der Waals surface area (Å²) in [5.41, 5.74) is 1.23. The van der Waals surface area contributed by atoms with E-state index < -0.39 is 89.9 Å². The first-order valence-electron chi connectivity index (χ1n) is 13.5. The van der Waals surface area contributed by atoms with Crippen molar-refractivity contribution in [2.45, 2.75) is 58.5 Å². The molecule has 44 heavy (non-hydrogen) atoms. The number of carbonyl (C=O) groups excluding carboxylic acids is 5. The molecule has 15 nitrogen and oxygen atoms in total. The molecule has 0 aliphatic rings. The van der Waals surface area contributed by atoms with Gasteiger partial charge in [0.15, 0.2) is 18.1 Å². The number of rotatable bonds is 16. The van der Waals surface area contributed by atoms with Gasteiger partial charge < -0.3 is 30.9 Å². The van der Waals surface area contributed by atoms with Crippen molar-refractivity contribution in [2.75, 3.05) is 13.2 Å². The van der Waals surface area contributed by atoms with Gasteiger partial charge in [-0.05, 0) is 49.4 Å². The van der Waals surface area contributed by atoms with Crippen LogP contribution in [0.25, 0.3) is 0 Å². The van der Waals surface area contributed by atoms with E-state index in [4.69, 9.17) is 9.84 Å². The molecule has 0 saturated carbocycles. The molecular weight excluding hydrogens is 580 g/mol. The Morgan fingerprint density at radius 3 is 2.23 bits per heavy atom. The molecule has 2 atom stereocenters. The lowest BCUT2D eigenvalue weighted by molar-refractivity contribution is -0.385. The molecule has 2 aromatic carbocycles. The van der Waals surface area contributed by atoms with Crippen molar-refractivity contribution >= 4 is 41.1 Å². The SMILES string of the molecule is CC[C@H](NC(=O)[C@@H](CCC(=O)O)NC(=O)Cc1ccc(O)c([N+](=O)[O-])c1)C(=O)NCC(=O)COC(=O)c1c(C)cccc1C. The Morgan fingerprint density at radius 1 is 0.977 bits per heavy atom. The van der Waals surface area contributed by atoms with Gasteiger partial charge in [0, 0.05) is 12.5 Å². The summed E-state index contributed by atoms with van der Waals surface area (Å²) in [6.45, 7) is 3.94. The molecule has 15 heteroatoms. The van der Waals surface area contributed by atoms with E-state index in [2.05, 4.69) is 16.0 Å². The number of nitro benzene ring substituents is 1. The number of aromatic hydroxyl groups is 1. The molecule has 3 amide bonds. The first-order valence-corrected chi connectivity index (χ1v) is 13.5. The van der Waals surface area contributed by atoms with Crippen LogP contribution in [0, 0.1) is 24.0 Å². The lowest BCUT2D eigenvalue weighted by atomic mass is 10.0. The number of hydrogen-bond donors (Lipinski definition) is 5. The number of phenolic OH excluding ortho intramolecular Hbond substituents is 1. The van der Waals surface area contributed by atoms with Gasteiger partial charge in [-0.25, -0.2) is 4.79 Å². The second-order valence-corrected chi connectivity index (χ2v) is 9.88. The zero-order valence-corrected chi connectivity index (χ0v) is 24.4. The highest BCUT2D eigenvalue weighted by Gasteiger charge is 2.27. The fourth-order valence-corrected chi connectivity index (χ4v) is 4.13. The summed E-state index contributed by atoms with van der Waals surface area (Å²) in [6, 6.07) is 6.01. The molecular formula is C29H34N4O11. The highest BCUT2D eigenvalue weighted by atomic mass is 16.6. The number of nitrogens with zero attached hydrogens (tertiary/aromatic N) is 1. The highest BCUT2D eigenvalue weighted by molar-refractivity contribution is 5.96. The molecule has 236 valence electrons. The van der Waals surface area contributed by atoms with Gasteiger partial charge in [0.1, 0.15) is 12.1 Å². The number of aliphatic carboxylic acids is 1. The third kappa shape index (κ3) is 10.5. The maximum atomic E-state index is 13.0. The molecule has 0 heterocycles. The van der Waals surface area contributed by atoms with Gasteiger partial charge in [0.05, 0.1) is 23.5 Å². The number of ketones is 1. The third-order valence-electron chi connectivity index (χ3n) is 6.45. The largest absolute Gasteiger partial charge is 0.502 e. The average molecular weight is 615 g/mol. The molecule has 2 aromatic rings. The van der Waals surface area contributed by atoms with Crippen LogP contribution in [0.15, 0.2) is 36.4 Å². The number of benzene rings is 2. The zero-order chi connectivity index (χ0) is 33.0. The summed E-state index contributed by atoms with van der Waals surface area (Å²) in [7, 11) is 0. The van der Waals surface area contributed by atoms with Crippen LogP contribution >= 0.6 is 0 Å². The van der Waals surface area contributed by atoms with Crippen molar-refractivity contribution in [3.63, 3.8) is 0 Å². The van der Waals surface area contributed by atoms with Crippen molar-refractivity contribution in [1.82, 2.24) is 16.0 Å². The Hall–Kier alpha value is -5.34. The van der Waals surface area contributed by atoms with Crippen molar-refractivity contribution in [1.29, 1.82) is 0 Å². The summed E-state index contributed by atoms with van der Waals surface area (Å²) < 4.78 is 5.07. The molecule has 5 N–H and O–H groups in total. The molecule has 0 aliphatic carbocycles. The van der Waals surface area contributed by atoms with Crippen molar-refractivity contribution in [3.8, 4) is 5.75 Å². The minimum absolute atomic E-state index is 0.0735. The molecule has 0 bridgehead atoms. The summed E-state index contributed by atoms with van der Waals surface area (Å²) in [5, 5.41) is 36.9. The van der Waals surface area contributed by atoms with Gasteiger partial charge >= 0.3 is 17.6 Å². The van der Waals surface area contributed by atoms with Crippen LogP contribution in [0.1, 0.15) is 53.2 Å². The van der Waals surface area contributed by atoms with Gasteiger partial charge in [-0.15, -0.1) is 0 Å². The Bertz CT molecular complexity index is 1420. The molecule has 0 aliphatic heterocycles. The molecule has 0 saturated heterocycles. The molecule has 0 aromatic heterocycles. The average Bonchev–Trinajstić information content (AvgIpc) is 2.96. The fraction of sp³-hybridized carbons (Fsp3) is 0.379. The van der Waals surface area contributed by atoms with E-state index in [1.165, 1.54) is 6.07 Å². The van der Waals surface area contributed by atoms with Crippen LogP contribution in [0.5, 0.6) is 5.75 Å². The van der Waals surface area contributed by atoms with Crippen LogP contribution in [0.3, 0.4) is 0 Å². The summed E-state index contributed by atoms with van der Waals surface area (Å²) >= 11 is 0. The van der Waals surface area contributed by atoms with E-state index >= 15 is 0 Å². The van der Waals surface area contributed by atoms with Crippen LogP contribution in [-0.2, 0) is 35.1 Å². The Morgan fingerprint density at radius 2 is 1.64 bits per heavy atom. The number of amides is 3. The van der Waals surface area contributed by atoms with Crippen molar-refractivity contribution < 1.29 is 48.6 Å². The minimum atomic E-state index is -1.38. The van der Waals surface area contributed by atoms with E-state index in [9.17, 15) is 44.0 Å². The van der Waals surface area contributed by atoms with E-state index in [0.717, 1.165) is 12.1 Å². The molecule has 0 unspecified atom stereocenters. The Kier molecular flexibility index (Phi) is 12.9. The molecule has 0 spiro atoms. The standard InChI is InChI=1S/C29H34N4O11/c1-4-20(27(39)30-14-19(34)15-44-29(41)26-16(2)6-5-7-17(26)3)32-28(40)21(9-11-25(37)38)31-24(36)13-18-8-10-23(35)22(12-18)33(42)43/h5-8,10,12,20-21,35H,4,9,11,13-15H2,1-3H3,(H,30,39)(H,31,36)(H,32,40)(H,37,38)/t20-,21+/m0/s1. The summed E-state index contributed by atoms with van der Waals surface area (Å²) in [4.78, 5) is 84.3. The highest BCUT2D eigenvalue weighted by Crippen LogP contribution is 2.26. The lowest BCUT2D eigenvalue weighted by Crippen LogP contribution is -2.54. The van der Waals surface area contributed by atoms with Gasteiger partial charge in [0.2, 0.25) is 17.7 Å². The van der Waals surface area contributed by atoms with Gasteiger partial charge in [0.25, 0.3) is 0 Å². The predicted molar refractivity (Wildman–Crippen MR) is 154 cm³/mol. The van der Waals surface area contributed by atoms with Gasteiger partial charge in [-0.3, -0.25) is 34.1 Å². The number of hydrogen-bond acceptors (Lipinski definition) is 10. The predicted octanol–water partition coefficient (Wildman–Crippen LogP) is 1.25. The second kappa shape index (κ2) is 16.3. The number of esters is 1. The Balaban J connectivity index is 1.96.